The van der Waals surface area contributed by atoms with Crippen molar-refractivity contribution in [3.63, 3.8) is 0 Å². The number of nitrogens with zero attached hydrogens (tertiary/aromatic N) is 1. The topological polar surface area (TPSA) is 29.5 Å². The predicted octanol–water partition coefficient (Wildman–Crippen LogP) is 4.17. The number of amides is 1. The van der Waals surface area contributed by atoms with Crippen molar-refractivity contribution in [2.45, 2.75) is 13.0 Å². The van der Waals surface area contributed by atoms with Gasteiger partial charge in [-0.15, -0.1) is 17.9 Å². The summed E-state index contributed by atoms with van der Waals surface area (Å²) in [6.07, 6.45) is 2.47. The third kappa shape index (κ3) is 3.77. The molecule has 0 aliphatic carbocycles. The van der Waals surface area contributed by atoms with Crippen molar-refractivity contribution in [1.29, 1.82) is 0 Å². The molecule has 0 spiro atoms. The van der Waals surface area contributed by atoms with Gasteiger partial charge in [-0.25, -0.2) is 0 Å². The normalized spacial score (nSPS) is 16.3. The van der Waals surface area contributed by atoms with Crippen LogP contribution in [0.3, 0.4) is 0 Å². The predicted molar refractivity (Wildman–Crippen MR) is 94.1 cm³/mol. The lowest BCUT2D eigenvalue weighted by molar-refractivity contribution is -0.136. The molecule has 0 saturated carbocycles. The standard InChI is InChI=1S/C18H18ClNO2S/c1-2-9-20(11-15-7-8-17(19)23-15)18(21)14-10-13-5-3-4-6-16(13)22-12-14/h2-8,14H,1,9-12H2. The molecule has 0 fully saturated rings. The molecule has 0 N–H and O–H groups in total. The van der Waals surface area contributed by atoms with Gasteiger partial charge in [0.15, 0.2) is 0 Å². The van der Waals surface area contributed by atoms with Crippen LogP contribution in [0.2, 0.25) is 4.34 Å². The Bertz CT molecular complexity index is 713. The molecule has 5 heteroatoms. The average Bonchev–Trinajstić information content (AvgIpc) is 2.98. The second-order valence-corrected chi connectivity index (χ2v) is 7.33. The number of benzene rings is 1. The number of hydrogen-bond donors (Lipinski definition) is 0. The second kappa shape index (κ2) is 7.20. The first kappa shape index (κ1) is 16.1. The molecule has 2 heterocycles. The number of ether oxygens (including phenoxy) is 1. The Labute approximate surface area is 145 Å². The first-order valence-electron chi connectivity index (χ1n) is 7.52. The molecule has 1 aliphatic rings. The van der Waals surface area contributed by atoms with Crippen LogP contribution in [0.4, 0.5) is 0 Å². The van der Waals surface area contributed by atoms with Gasteiger partial charge in [-0.05, 0) is 30.2 Å². The van der Waals surface area contributed by atoms with Gasteiger partial charge in [0.2, 0.25) is 5.91 Å². The van der Waals surface area contributed by atoms with Crippen LogP contribution in [0, 0.1) is 5.92 Å². The third-order valence-corrected chi connectivity index (χ3v) is 5.08. The molecule has 1 aromatic carbocycles. The van der Waals surface area contributed by atoms with Gasteiger partial charge in [0, 0.05) is 11.4 Å². The average molecular weight is 348 g/mol. The summed E-state index contributed by atoms with van der Waals surface area (Å²) in [7, 11) is 0. The van der Waals surface area contributed by atoms with Gasteiger partial charge in [-0.3, -0.25) is 4.79 Å². The van der Waals surface area contributed by atoms with Crippen LogP contribution in [-0.4, -0.2) is 24.0 Å². The molecule has 3 nitrogen and oxygen atoms in total. The second-order valence-electron chi connectivity index (χ2n) is 5.53. The Hall–Kier alpha value is -1.78. The van der Waals surface area contributed by atoms with E-state index in [0.717, 1.165) is 20.5 Å². The summed E-state index contributed by atoms with van der Waals surface area (Å²) in [5.74, 6) is 0.834. The van der Waals surface area contributed by atoms with Crippen molar-refractivity contribution in [2.24, 2.45) is 5.92 Å². The summed E-state index contributed by atoms with van der Waals surface area (Å²) in [4.78, 5) is 15.8. The number of hydrogen-bond acceptors (Lipinski definition) is 3. The van der Waals surface area contributed by atoms with E-state index in [2.05, 4.69) is 6.58 Å². The maximum absolute atomic E-state index is 12.9. The molecule has 1 atom stereocenters. The van der Waals surface area contributed by atoms with Gasteiger partial charge in [-0.1, -0.05) is 35.9 Å². The van der Waals surface area contributed by atoms with Gasteiger partial charge in [0.05, 0.1) is 16.8 Å². The number of halogens is 1. The first-order chi connectivity index (χ1) is 11.2. The van der Waals surface area contributed by atoms with Crippen LogP contribution in [0.5, 0.6) is 5.75 Å². The Morgan fingerprint density at radius 1 is 1.39 bits per heavy atom. The highest BCUT2D eigenvalue weighted by molar-refractivity contribution is 7.16. The van der Waals surface area contributed by atoms with E-state index in [4.69, 9.17) is 16.3 Å². The van der Waals surface area contributed by atoms with E-state index in [1.165, 1.54) is 11.3 Å². The van der Waals surface area contributed by atoms with Gasteiger partial charge in [-0.2, -0.15) is 0 Å². The summed E-state index contributed by atoms with van der Waals surface area (Å²) in [6.45, 7) is 5.26. The number of thiophene rings is 1. The monoisotopic (exact) mass is 347 g/mol. The van der Waals surface area contributed by atoms with Crippen molar-refractivity contribution in [2.75, 3.05) is 13.2 Å². The fraction of sp³-hybridized carbons (Fsp3) is 0.278. The summed E-state index contributed by atoms with van der Waals surface area (Å²) in [5.41, 5.74) is 1.09. The molecule has 23 heavy (non-hydrogen) atoms. The van der Waals surface area contributed by atoms with Gasteiger partial charge in [0.25, 0.3) is 0 Å². The van der Waals surface area contributed by atoms with E-state index < -0.39 is 0 Å². The van der Waals surface area contributed by atoms with Crippen LogP contribution in [0.25, 0.3) is 0 Å². The van der Waals surface area contributed by atoms with Crippen molar-refractivity contribution in [3.8, 4) is 5.75 Å². The first-order valence-corrected chi connectivity index (χ1v) is 8.71. The highest BCUT2D eigenvalue weighted by atomic mass is 35.5. The van der Waals surface area contributed by atoms with Crippen molar-refractivity contribution in [3.05, 3.63) is 63.8 Å². The zero-order valence-corrected chi connectivity index (χ0v) is 14.3. The molecule has 0 saturated heterocycles. The lowest BCUT2D eigenvalue weighted by atomic mass is 9.95. The van der Waals surface area contributed by atoms with Gasteiger partial charge < -0.3 is 9.64 Å². The molecule has 0 radical (unpaired) electrons. The number of rotatable bonds is 5. The summed E-state index contributed by atoms with van der Waals surface area (Å²) < 4.78 is 6.48. The van der Waals surface area contributed by atoms with E-state index in [-0.39, 0.29) is 11.8 Å². The van der Waals surface area contributed by atoms with Crippen molar-refractivity contribution < 1.29 is 9.53 Å². The van der Waals surface area contributed by atoms with E-state index in [9.17, 15) is 4.79 Å². The molecule has 3 rings (SSSR count). The zero-order valence-electron chi connectivity index (χ0n) is 12.7. The fourth-order valence-electron chi connectivity index (χ4n) is 2.76. The van der Waals surface area contributed by atoms with E-state index in [1.807, 2.05) is 41.3 Å². The number of carbonyl (C=O) groups excluding carboxylic acids is 1. The quantitative estimate of drug-likeness (QED) is 0.760. The molecule has 0 bridgehead atoms. The van der Waals surface area contributed by atoms with E-state index in [1.54, 1.807) is 6.08 Å². The fourth-order valence-corrected chi connectivity index (χ4v) is 3.86. The van der Waals surface area contributed by atoms with Crippen molar-refractivity contribution >= 4 is 28.8 Å². The van der Waals surface area contributed by atoms with Gasteiger partial charge in [0.1, 0.15) is 12.4 Å². The van der Waals surface area contributed by atoms with Crippen LogP contribution >= 0.6 is 22.9 Å². The largest absolute Gasteiger partial charge is 0.492 e. The maximum Gasteiger partial charge on any atom is 0.230 e. The molecule has 1 aliphatic heterocycles. The minimum absolute atomic E-state index is 0.101. The molecule has 2 aromatic rings. The molecule has 1 aromatic heterocycles. The highest BCUT2D eigenvalue weighted by Crippen LogP contribution is 2.29. The van der Waals surface area contributed by atoms with Gasteiger partial charge >= 0.3 is 0 Å². The van der Waals surface area contributed by atoms with E-state index >= 15 is 0 Å². The summed E-state index contributed by atoms with van der Waals surface area (Å²) in [5, 5.41) is 0. The molecule has 1 unspecified atom stereocenters. The lowest BCUT2D eigenvalue weighted by Gasteiger charge is -2.29. The highest BCUT2D eigenvalue weighted by Gasteiger charge is 2.29. The SMILES string of the molecule is C=CCN(Cc1ccc(Cl)s1)C(=O)C1COc2ccccc2C1. The van der Waals surface area contributed by atoms with Crippen LogP contribution < -0.4 is 4.74 Å². The van der Waals surface area contributed by atoms with Crippen LogP contribution in [0.1, 0.15) is 10.4 Å². The number of carbonyl (C=O) groups is 1. The Balaban J connectivity index is 1.72. The summed E-state index contributed by atoms with van der Waals surface area (Å²) >= 11 is 7.48. The third-order valence-electron chi connectivity index (χ3n) is 3.86. The minimum Gasteiger partial charge on any atom is -0.492 e. The summed E-state index contributed by atoms with van der Waals surface area (Å²) in [6, 6.07) is 11.7. The lowest BCUT2D eigenvalue weighted by Crippen LogP contribution is -2.40. The Morgan fingerprint density at radius 2 is 2.22 bits per heavy atom. The smallest absolute Gasteiger partial charge is 0.230 e. The molecule has 1 amide bonds. The van der Waals surface area contributed by atoms with Crippen LogP contribution in [-0.2, 0) is 17.8 Å². The van der Waals surface area contributed by atoms with E-state index in [0.29, 0.717) is 26.1 Å². The Kier molecular flexibility index (Phi) is 5.03. The van der Waals surface area contributed by atoms with Crippen molar-refractivity contribution in [1.82, 2.24) is 4.90 Å². The molecular formula is C18H18ClNO2S. The number of para-hydroxylation sites is 1. The minimum atomic E-state index is -0.153. The van der Waals surface area contributed by atoms with Crippen LogP contribution in [0.15, 0.2) is 49.1 Å². The molecule has 120 valence electrons. The maximum atomic E-state index is 12.9. The molecular weight excluding hydrogens is 330 g/mol. The number of fused-ring (bicyclic) bond motifs is 1. The Morgan fingerprint density at radius 3 is 2.96 bits per heavy atom. The zero-order chi connectivity index (χ0) is 16.2.